The van der Waals surface area contributed by atoms with Crippen LogP contribution < -0.4 is 15.0 Å². The van der Waals surface area contributed by atoms with Crippen LogP contribution in [-0.2, 0) is 27.5 Å². The van der Waals surface area contributed by atoms with Gasteiger partial charge in [-0.15, -0.1) is 0 Å². The number of rotatable bonds is 6. The minimum absolute atomic E-state index is 0.0399. The summed E-state index contributed by atoms with van der Waals surface area (Å²) >= 11 is 0. The Morgan fingerprint density at radius 3 is 2.30 bits per heavy atom. The summed E-state index contributed by atoms with van der Waals surface area (Å²) in [6, 6.07) is 3.52. The second-order valence-corrected chi connectivity index (χ2v) is 12.4. The molecular formula is C25H36F3N7O4S. The van der Waals surface area contributed by atoms with Crippen molar-refractivity contribution < 1.29 is 31.2 Å². The summed E-state index contributed by atoms with van der Waals surface area (Å²) in [5.74, 6) is -0.0957. The Hall–Kier alpha value is -2.88. The van der Waals surface area contributed by atoms with Gasteiger partial charge in [0.05, 0.1) is 11.8 Å². The highest BCUT2D eigenvalue weighted by Crippen LogP contribution is 2.35. The summed E-state index contributed by atoms with van der Waals surface area (Å²) in [7, 11) is -0.0430. The number of sulfonamides is 1. The Labute approximate surface area is 232 Å². The Morgan fingerprint density at radius 2 is 1.73 bits per heavy atom. The zero-order valence-electron chi connectivity index (χ0n) is 22.8. The number of nitrogens with zero attached hydrogens (tertiary/aromatic N) is 5. The first-order chi connectivity index (χ1) is 18.7. The first-order valence-corrected chi connectivity index (χ1v) is 15.0. The Kier molecular flexibility index (Phi) is 8.97. The lowest BCUT2D eigenvalue weighted by Gasteiger charge is -2.38. The third-order valence-electron chi connectivity index (χ3n) is 7.33. The molecule has 4 rings (SSSR count). The molecule has 2 N–H and O–H groups in total. The van der Waals surface area contributed by atoms with Crippen LogP contribution in [0, 0.1) is 5.92 Å². The number of hydrogen-bond donors (Lipinski definition) is 2. The van der Waals surface area contributed by atoms with E-state index < -0.39 is 27.9 Å². The van der Waals surface area contributed by atoms with Gasteiger partial charge in [-0.05, 0) is 36.6 Å². The molecule has 1 atom stereocenters. The predicted molar refractivity (Wildman–Crippen MR) is 143 cm³/mol. The Bertz CT molecular complexity index is 1230. The quantitative estimate of drug-likeness (QED) is 0.519. The zero-order chi connectivity index (χ0) is 29.2. The number of benzene rings is 1. The van der Waals surface area contributed by atoms with Gasteiger partial charge in [0.1, 0.15) is 6.17 Å². The van der Waals surface area contributed by atoms with Gasteiger partial charge in [0.2, 0.25) is 15.9 Å². The van der Waals surface area contributed by atoms with Crippen LogP contribution in [0.15, 0.2) is 30.5 Å². The highest BCUT2D eigenvalue weighted by Gasteiger charge is 2.34. The number of hydrazine groups is 1. The zero-order valence-corrected chi connectivity index (χ0v) is 23.6. The first-order valence-electron chi connectivity index (χ1n) is 13.1. The molecule has 15 heteroatoms. The molecule has 3 aliphatic rings. The predicted octanol–water partition coefficient (Wildman–Crippen LogP) is 1.46. The van der Waals surface area contributed by atoms with E-state index in [0.717, 1.165) is 17.9 Å². The number of piperazine rings is 1. The average Bonchev–Trinajstić information content (AvgIpc) is 3.34. The number of urea groups is 1. The molecule has 3 heterocycles. The normalized spacial score (nSPS) is 21.2. The van der Waals surface area contributed by atoms with Crippen LogP contribution >= 0.6 is 0 Å². The van der Waals surface area contributed by atoms with Gasteiger partial charge in [-0.3, -0.25) is 9.69 Å². The van der Waals surface area contributed by atoms with Crippen molar-refractivity contribution in [3.63, 3.8) is 0 Å². The number of alkyl halides is 3. The minimum Gasteiger partial charge on any atom is -0.371 e. The number of hydrogen-bond acceptors (Lipinski definition) is 7. The molecule has 0 aromatic heterocycles. The molecule has 1 unspecified atom stereocenters. The van der Waals surface area contributed by atoms with Crippen molar-refractivity contribution in [2.45, 2.75) is 31.7 Å². The highest BCUT2D eigenvalue weighted by molar-refractivity contribution is 7.88. The van der Waals surface area contributed by atoms with Crippen LogP contribution in [0.1, 0.15) is 24.0 Å². The van der Waals surface area contributed by atoms with Crippen molar-refractivity contribution in [1.29, 1.82) is 0 Å². The van der Waals surface area contributed by atoms with E-state index in [1.165, 1.54) is 29.4 Å². The van der Waals surface area contributed by atoms with E-state index in [-0.39, 0.29) is 17.9 Å². The SMILES string of the molecule is CN(C)C(=O)C1CCN(c2cc(C(F)(F)F)ccc2CN2CCN(C(=O)N3C=CC(NS(C)(=O)=O)N3)CC2)CC1. The van der Waals surface area contributed by atoms with Crippen molar-refractivity contribution in [3.8, 4) is 0 Å². The fourth-order valence-corrected chi connectivity index (χ4v) is 5.81. The van der Waals surface area contributed by atoms with Crippen LogP contribution in [0.4, 0.5) is 23.7 Å². The van der Waals surface area contributed by atoms with E-state index in [1.807, 2.05) is 4.90 Å². The molecule has 3 amide bonds. The van der Waals surface area contributed by atoms with Gasteiger partial charge in [-0.2, -0.15) is 17.9 Å². The molecule has 0 radical (unpaired) electrons. The van der Waals surface area contributed by atoms with Gasteiger partial charge in [-0.25, -0.2) is 23.6 Å². The van der Waals surface area contributed by atoms with E-state index >= 15 is 0 Å². The monoisotopic (exact) mass is 587 g/mol. The van der Waals surface area contributed by atoms with Crippen LogP contribution in [0.5, 0.6) is 0 Å². The van der Waals surface area contributed by atoms with Crippen molar-refractivity contribution >= 4 is 27.6 Å². The third kappa shape index (κ3) is 7.44. The van der Waals surface area contributed by atoms with Crippen molar-refractivity contribution in [2.24, 2.45) is 5.92 Å². The first kappa shape index (κ1) is 30.1. The molecule has 222 valence electrons. The molecule has 2 saturated heterocycles. The Balaban J connectivity index is 1.38. The molecular weight excluding hydrogens is 551 g/mol. The number of nitrogens with one attached hydrogen (secondary N) is 2. The fourth-order valence-electron chi connectivity index (χ4n) is 5.21. The molecule has 1 aromatic carbocycles. The number of piperidine rings is 1. The van der Waals surface area contributed by atoms with E-state index in [0.29, 0.717) is 64.3 Å². The number of carbonyl (C=O) groups excluding carboxylic acids is 2. The van der Waals surface area contributed by atoms with Gasteiger partial charge in [-0.1, -0.05) is 6.07 Å². The summed E-state index contributed by atoms with van der Waals surface area (Å²) in [4.78, 5) is 32.5. The standard InChI is InChI=1S/C25H36F3N7O4S/c1-31(2)23(36)18-6-9-33(10-7-18)21-16-20(25(26,27)28)5-4-19(21)17-32-12-14-34(15-13-32)24(37)35-11-8-22(29-35)30-40(3,38)39/h4-5,8,11,16,18,22,29-30H,6-7,9-10,12-15,17H2,1-3H3. The third-order valence-corrected chi connectivity index (χ3v) is 8.01. The van der Waals surface area contributed by atoms with E-state index in [4.69, 9.17) is 0 Å². The van der Waals surface area contributed by atoms with Gasteiger partial charge < -0.3 is 14.7 Å². The lowest BCUT2D eigenvalue weighted by molar-refractivity contribution is -0.137. The van der Waals surface area contributed by atoms with Gasteiger partial charge in [0, 0.05) is 77.7 Å². The van der Waals surface area contributed by atoms with Crippen LogP contribution in [-0.4, -0.2) is 106 Å². The van der Waals surface area contributed by atoms with Gasteiger partial charge >= 0.3 is 12.2 Å². The molecule has 3 aliphatic heterocycles. The summed E-state index contributed by atoms with van der Waals surface area (Å²) in [6.07, 6.45) is 0.000836. The number of halogens is 3. The molecule has 1 aromatic rings. The highest BCUT2D eigenvalue weighted by atomic mass is 32.2. The molecule has 40 heavy (non-hydrogen) atoms. The van der Waals surface area contributed by atoms with Crippen molar-refractivity contribution in [2.75, 3.05) is 64.5 Å². The molecule has 2 fully saturated rings. The van der Waals surface area contributed by atoms with Gasteiger partial charge in [0.25, 0.3) is 0 Å². The number of amides is 3. The molecule has 11 nitrogen and oxygen atoms in total. The number of carbonyl (C=O) groups is 2. The lowest BCUT2D eigenvalue weighted by atomic mass is 9.94. The van der Waals surface area contributed by atoms with Crippen LogP contribution in [0.2, 0.25) is 0 Å². The summed E-state index contributed by atoms with van der Waals surface area (Å²) < 4.78 is 65.9. The van der Waals surface area contributed by atoms with E-state index in [2.05, 4.69) is 15.0 Å². The topological polar surface area (TPSA) is 109 Å². The molecule has 0 spiro atoms. The summed E-state index contributed by atoms with van der Waals surface area (Å²) in [5.41, 5.74) is 3.37. The molecule has 0 aliphatic carbocycles. The van der Waals surface area contributed by atoms with Crippen molar-refractivity contribution in [1.82, 2.24) is 29.9 Å². The van der Waals surface area contributed by atoms with Crippen molar-refractivity contribution in [3.05, 3.63) is 41.6 Å². The largest absolute Gasteiger partial charge is 0.416 e. The van der Waals surface area contributed by atoms with E-state index in [9.17, 15) is 31.2 Å². The molecule has 0 bridgehead atoms. The maximum atomic E-state index is 13.6. The number of anilines is 1. The second-order valence-electron chi connectivity index (χ2n) is 10.6. The average molecular weight is 588 g/mol. The van der Waals surface area contributed by atoms with Gasteiger partial charge in [0.15, 0.2) is 0 Å². The van der Waals surface area contributed by atoms with E-state index in [1.54, 1.807) is 23.9 Å². The van der Waals surface area contributed by atoms with Crippen LogP contribution in [0.25, 0.3) is 0 Å². The molecule has 0 saturated carbocycles. The second kappa shape index (κ2) is 11.9. The maximum Gasteiger partial charge on any atom is 0.416 e. The smallest absolute Gasteiger partial charge is 0.371 e. The lowest BCUT2D eigenvalue weighted by Crippen LogP contribution is -2.55. The van der Waals surface area contributed by atoms with Crippen LogP contribution in [0.3, 0.4) is 0 Å². The Morgan fingerprint density at radius 1 is 1.07 bits per heavy atom. The fraction of sp³-hybridized carbons (Fsp3) is 0.600. The summed E-state index contributed by atoms with van der Waals surface area (Å²) in [6.45, 7) is 3.27. The summed E-state index contributed by atoms with van der Waals surface area (Å²) in [5, 5.41) is 1.23. The minimum atomic E-state index is -4.47. The maximum absolute atomic E-state index is 13.6.